The number of hydrogen-bond acceptors (Lipinski definition) is 5. The normalized spacial score (nSPS) is 17.2. The maximum Gasteiger partial charge on any atom is 0.412 e. The van der Waals surface area contributed by atoms with Crippen LogP contribution in [0.15, 0.2) is 51.7 Å². The summed E-state index contributed by atoms with van der Waals surface area (Å²) in [5, 5.41) is 13.7. The van der Waals surface area contributed by atoms with Crippen LogP contribution < -0.4 is 21.3 Å². The fourth-order valence-electron chi connectivity index (χ4n) is 4.78. The zero-order valence-corrected chi connectivity index (χ0v) is 21.7. The van der Waals surface area contributed by atoms with Crippen LogP contribution in [0.5, 0.6) is 11.5 Å². The number of ether oxygens (including phenoxy) is 1. The van der Waals surface area contributed by atoms with Gasteiger partial charge in [0.05, 0.1) is 6.20 Å². The van der Waals surface area contributed by atoms with Crippen molar-refractivity contribution in [1.29, 1.82) is 0 Å². The second-order valence-electron chi connectivity index (χ2n) is 9.76. The number of nitrogens with zero attached hydrogens (tertiary/aromatic N) is 1. The van der Waals surface area contributed by atoms with Gasteiger partial charge in [-0.2, -0.15) is 4.39 Å². The molecule has 1 aromatic heterocycles. The Labute approximate surface area is 215 Å². The first-order valence-electron chi connectivity index (χ1n) is 12.7. The molecule has 3 N–H and O–H groups in total. The molecule has 0 saturated heterocycles. The molecule has 0 aliphatic heterocycles. The Kier molecular flexibility index (Phi) is 9.49. The number of halogens is 1. The van der Waals surface area contributed by atoms with Gasteiger partial charge in [-0.1, -0.05) is 43.6 Å². The molecule has 0 saturated carbocycles. The van der Waals surface area contributed by atoms with Crippen molar-refractivity contribution in [1.82, 2.24) is 14.9 Å². The maximum absolute atomic E-state index is 13.5. The monoisotopic (exact) mass is 513 g/mol. The number of aromatic nitrogens is 2. The molecule has 37 heavy (non-hydrogen) atoms. The number of H-pyrrole nitrogens is 1. The van der Waals surface area contributed by atoms with Gasteiger partial charge in [0.15, 0.2) is 0 Å². The fraction of sp³-hybridized carbons (Fsp3) is 0.464. The van der Waals surface area contributed by atoms with Crippen LogP contribution in [0.25, 0.3) is 0 Å². The number of allylic oxidation sites excluding steroid dienone is 3. The van der Waals surface area contributed by atoms with Gasteiger partial charge >= 0.3 is 11.8 Å². The summed E-state index contributed by atoms with van der Waals surface area (Å²) in [5.41, 5.74) is 1.73. The quantitative estimate of drug-likeness (QED) is 0.308. The molecule has 8 nitrogen and oxygen atoms in total. The lowest BCUT2D eigenvalue weighted by Crippen LogP contribution is -2.36. The van der Waals surface area contributed by atoms with Gasteiger partial charge in [0, 0.05) is 24.6 Å². The number of phenolic OH excluding ortho intramolecular Hbond substituents is 1. The predicted molar refractivity (Wildman–Crippen MR) is 141 cm³/mol. The summed E-state index contributed by atoms with van der Waals surface area (Å²) >= 11 is 0. The smallest absolute Gasteiger partial charge is 0.412 e. The van der Waals surface area contributed by atoms with E-state index in [-0.39, 0.29) is 36.4 Å². The zero-order valence-electron chi connectivity index (χ0n) is 21.7. The molecule has 1 heterocycles. The number of amides is 1. The Bertz CT molecular complexity index is 1290. The number of aromatic hydroxyl groups is 1. The third-order valence-electron chi connectivity index (χ3n) is 6.75. The standard InChI is InChI=1S/C28H36FN3O5/c1-5-6-7-8-19-14-23(33)25(21-13-18(4)9-10-20(21)17(2)3)24(15-19)37-28(36)30-11-12-32-16-22(29)26(34)31-27(32)35/h13-16,20-21,33H,2,5-12H2,1,3-4H3,(H,30,36)(H,31,34,35)/t20-,21+/m0/s1. The number of phenols is 1. The molecule has 3 rings (SSSR count). The molecular formula is C28H36FN3O5. The Balaban J connectivity index is 1.85. The van der Waals surface area contributed by atoms with Crippen LogP contribution in [0.1, 0.15) is 69.9 Å². The number of nitrogens with one attached hydrogen (secondary N) is 2. The van der Waals surface area contributed by atoms with E-state index >= 15 is 0 Å². The van der Waals surface area contributed by atoms with Crippen molar-refractivity contribution in [3.8, 4) is 11.5 Å². The van der Waals surface area contributed by atoms with Crippen LogP contribution in [0, 0.1) is 11.7 Å². The van der Waals surface area contributed by atoms with Gasteiger partial charge < -0.3 is 15.2 Å². The molecule has 2 aromatic rings. The average Bonchev–Trinajstić information content (AvgIpc) is 2.82. The van der Waals surface area contributed by atoms with Crippen LogP contribution in [0.4, 0.5) is 9.18 Å². The van der Waals surface area contributed by atoms with Crippen molar-refractivity contribution in [3.63, 3.8) is 0 Å². The number of carbonyl (C=O) groups excluding carboxylic acids is 1. The van der Waals surface area contributed by atoms with E-state index in [0.717, 1.165) is 60.4 Å². The van der Waals surface area contributed by atoms with Gasteiger partial charge in [-0.05, 0) is 63.1 Å². The molecule has 0 radical (unpaired) electrons. The molecule has 1 aliphatic carbocycles. The summed E-state index contributed by atoms with van der Waals surface area (Å²) in [4.78, 5) is 37.6. The van der Waals surface area contributed by atoms with E-state index in [1.54, 1.807) is 12.1 Å². The number of aryl methyl sites for hydroxylation is 1. The van der Waals surface area contributed by atoms with Crippen molar-refractivity contribution < 1.29 is 19.0 Å². The van der Waals surface area contributed by atoms with Crippen LogP contribution >= 0.6 is 0 Å². The minimum Gasteiger partial charge on any atom is -0.507 e. The summed E-state index contributed by atoms with van der Waals surface area (Å²) in [7, 11) is 0. The Morgan fingerprint density at radius 2 is 2.08 bits per heavy atom. The second-order valence-corrected chi connectivity index (χ2v) is 9.76. The third kappa shape index (κ3) is 7.21. The van der Waals surface area contributed by atoms with E-state index in [4.69, 9.17) is 4.74 Å². The second kappa shape index (κ2) is 12.6. The Morgan fingerprint density at radius 1 is 1.32 bits per heavy atom. The Hall–Kier alpha value is -3.62. The van der Waals surface area contributed by atoms with E-state index in [9.17, 15) is 23.9 Å². The topological polar surface area (TPSA) is 113 Å². The van der Waals surface area contributed by atoms with E-state index in [1.165, 1.54) is 5.57 Å². The lowest BCUT2D eigenvalue weighted by atomic mass is 9.73. The first-order chi connectivity index (χ1) is 17.6. The zero-order chi connectivity index (χ0) is 27.1. The highest BCUT2D eigenvalue weighted by Gasteiger charge is 2.31. The van der Waals surface area contributed by atoms with Crippen molar-refractivity contribution in [3.05, 3.63) is 79.9 Å². The summed E-state index contributed by atoms with van der Waals surface area (Å²) in [6, 6.07) is 3.56. The summed E-state index contributed by atoms with van der Waals surface area (Å²) in [6.07, 6.45) is 7.74. The highest BCUT2D eigenvalue weighted by molar-refractivity contribution is 5.72. The number of carbonyl (C=O) groups is 1. The van der Waals surface area contributed by atoms with Crippen LogP contribution in [0.2, 0.25) is 0 Å². The Morgan fingerprint density at radius 3 is 2.78 bits per heavy atom. The molecule has 200 valence electrons. The molecule has 1 aliphatic rings. The molecule has 0 bridgehead atoms. The highest BCUT2D eigenvalue weighted by atomic mass is 19.1. The fourth-order valence-corrected chi connectivity index (χ4v) is 4.78. The van der Waals surface area contributed by atoms with Crippen molar-refractivity contribution in [2.24, 2.45) is 5.92 Å². The van der Waals surface area contributed by atoms with Crippen LogP contribution in [-0.4, -0.2) is 27.3 Å². The van der Waals surface area contributed by atoms with Gasteiger partial charge in [-0.15, -0.1) is 0 Å². The largest absolute Gasteiger partial charge is 0.507 e. The van der Waals surface area contributed by atoms with Crippen molar-refractivity contribution in [2.45, 2.75) is 71.8 Å². The first kappa shape index (κ1) is 28.0. The predicted octanol–water partition coefficient (Wildman–Crippen LogP) is 4.92. The van der Waals surface area contributed by atoms with Gasteiger partial charge in [0.1, 0.15) is 11.5 Å². The number of rotatable bonds is 10. The molecular weight excluding hydrogens is 477 g/mol. The number of aromatic amines is 1. The minimum atomic E-state index is -1.10. The SMILES string of the molecule is C=C(C)[C@@H]1CCC(C)=C[C@H]1c1c(O)cc(CCCCC)cc1OC(=O)NCCn1cc(F)c(=O)[nH]c1=O. The summed E-state index contributed by atoms with van der Waals surface area (Å²) in [6.45, 7) is 10.2. The number of hydrogen-bond donors (Lipinski definition) is 3. The van der Waals surface area contributed by atoms with Crippen molar-refractivity contribution in [2.75, 3.05) is 6.54 Å². The molecule has 9 heteroatoms. The van der Waals surface area contributed by atoms with E-state index in [1.807, 2.05) is 18.8 Å². The average molecular weight is 514 g/mol. The molecule has 0 spiro atoms. The van der Waals surface area contributed by atoms with Gasteiger partial charge in [-0.3, -0.25) is 14.3 Å². The van der Waals surface area contributed by atoms with Crippen molar-refractivity contribution >= 4 is 6.09 Å². The number of benzene rings is 1. The first-order valence-corrected chi connectivity index (χ1v) is 12.7. The minimum absolute atomic E-state index is 0.0431. The third-order valence-corrected chi connectivity index (χ3v) is 6.75. The molecule has 1 amide bonds. The number of unbranched alkanes of at least 4 members (excludes halogenated alkanes) is 2. The van der Waals surface area contributed by atoms with E-state index in [0.29, 0.717) is 5.56 Å². The molecule has 1 aromatic carbocycles. The van der Waals surface area contributed by atoms with Crippen LogP contribution in [0.3, 0.4) is 0 Å². The van der Waals surface area contributed by atoms with Gasteiger partial charge in [0.2, 0.25) is 5.82 Å². The van der Waals surface area contributed by atoms with Crippen LogP contribution in [-0.2, 0) is 13.0 Å². The molecule has 2 atom stereocenters. The lowest BCUT2D eigenvalue weighted by molar-refractivity contribution is 0.199. The lowest BCUT2D eigenvalue weighted by Gasteiger charge is -2.32. The maximum atomic E-state index is 13.5. The molecule has 0 fully saturated rings. The van der Waals surface area contributed by atoms with Gasteiger partial charge in [0.25, 0.3) is 5.56 Å². The summed E-state index contributed by atoms with van der Waals surface area (Å²) in [5.74, 6) is -0.841. The molecule has 0 unspecified atom stereocenters. The summed E-state index contributed by atoms with van der Waals surface area (Å²) < 4.78 is 20.2. The highest BCUT2D eigenvalue weighted by Crippen LogP contribution is 2.47. The van der Waals surface area contributed by atoms with Gasteiger partial charge in [-0.25, -0.2) is 9.59 Å². The van der Waals surface area contributed by atoms with E-state index < -0.39 is 23.2 Å². The van der Waals surface area contributed by atoms with E-state index in [2.05, 4.69) is 24.9 Å².